The van der Waals surface area contributed by atoms with Crippen molar-refractivity contribution in [2.45, 2.75) is 18.9 Å². The van der Waals surface area contributed by atoms with E-state index in [1.54, 1.807) is 12.3 Å². The third-order valence-corrected chi connectivity index (χ3v) is 3.11. The second-order valence-corrected chi connectivity index (χ2v) is 4.62. The highest BCUT2D eigenvalue weighted by atomic mass is 16.3. The van der Waals surface area contributed by atoms with Crippen LogP contribution in [0.3, 0.4) is 0 Å². The highest BCUT2D eigenvalue weighted by Gasteiger charge is 2.28. The van der Waals surface area contributed by atoms with Gasteiger partial charge in [0.05, 0.1) is 23.6 Å². The van der Waals surface area contributed by atoms with Gasteiger partial charge in [-0.1, -0.05) is 0 Å². The van der Waals surface area contributed by atoms with Crippen LogP contribution < -0.4 is 10.6 Å². The third kappa shape index (κ3) is 2.48. The van der Waals surface area contributed by atoms with Gasteiger partial charge in [-0.3, -0.25) is 0 Å². The number of rotatable bonds is 3. The molecule has 5 nitrogen and oxygen atoms in total. The average Bonchev–Trinajstić information content (AvgIpc) is 2.26. The SMILES string of the molecule is CN(CC1CC(O)C1)c1ncc(N)cc1C#N. The minimum atomic E-state index is -0.150. The van der Waals surface area contributed by atoms with E-state index in [9.17, 15) is 5.11 Å². The first kappa shape index (κ1) is 11.7. The summed E-state index contributed by atoms with van der Waals surface area (Å²) in [5.74, 6) is 1.14. The summed E-state index contributed by atoms with van der Waals surface area (Å²) in [5, 5.41) is 18.3. The van der Waals surface area contributed by atoms with Crippen molar-refractivity contribution in [3.8, 4) is 6.07 Å². The van der Waals surface area contributed by atoms with Crippen LogP contribution in [0.1, 0.15) is 18.4 Å². The van der Waals surface area contributed by atoms with E-state index >= 15 is 0 Å². The predicted molar refractivity (Wildman–Crippen MR) is 65.4 cm³/mol. The molecule has 17 heavy (non-hydrogen) atoms. The second-order valence-electron chi connectivity index (χ2n) is 4.62. The number of aliphatic hydroxyl groups excluding tert-OH is 1. The molecular weight excluding hydrogens is 216 g/mol. The van der Waals surface area contributed by atoms with Crippen LogP contribution >= 0.6 is 0 Å². The number of nitriles is 1. The Balaban J connectivity index is 2.08. The maximum Gasteiger partial charge on any atom is 0.146 e. The van der Waals surface area contributed by atoms with Crippen LogP contribution in [-0.2, 0) is 0 Å². The fourth-order valence-electron chi connectivity index (χ4n) is 2.18. The van der Waals surface area contributed by atoms with E-state index < -0.39 is 0 Å². The lowest BCUT2D eigenvalue weighted by Gasteiger charge is -2.35. The summed E-state index contributed by atoms with van der Waals surface area (Å²) in [5.41, 5.74) is 6.59. The number of nitrogens with zero attached hydrogens (tertiary/aromatic N) is 3. The Kier molecular flexibility index (Phi) is 3.16. The molecule has 1 heterocycles. The maximum atomic E-state index is 9.24. The van der Waals surface area contributed by atoms with Gasteiger partial charge in [0, 0.05) is 13.6 Å². The molecule has 1 saturated carbocycles. The highest BCUT2D eigenvalue weighted by Crippen LogP contribution is 2.29. The van der Waals surface area contributed by atoms with Gasteiger partial charge in [-0.15, -0.1) is 0 Å². The second kappa shape index (κ2) is 4.60. The van der Waals surface area contributed by atoms with Gasteiger partial charge in [-0.25, -0.2) is 4.98 Å². The minimum absolute atomic E-state index is 0.150. The van der Waals surface area contributed by atoms with Crippen molar-refractivity contribution in [3.05, 3.63) is 17.8 Å². The quantitative estimate of drug-likeness (QED) is 0.802. The van der Waals surface area contributed by atoms with Gasteiger partial charge in [0.25, 0.3) is 0 Å². The first-order chi connectivity index (χ1) is 8.10. The van der Waals surface area contributed by atoms with Gasteiger partial charge in [-0.05, 0) is 24.8 Å². The zero-order chi connectivity index (χ0) is 12.4. The lowest BCUT2D eigenvalue weighted by atomic mass is 9.82. The Morgan fingerprint density at radius 2 is 2.35 bits per heavy atom. The molecular formula is C12H16N4O. The van der Waals surface area contributed by atoms with Crippen LogP contribution in [0.5, 0.6) is 0 Å². The summed E-state index contributed by atoms with van der Waals surface area (Å²) in [7, 11) is 1.91. The highest BCUT2D eigenvalue weighted by molar-refractivity contribution is 5.58. The molecule has 0 spiro atoms. The van der Waals surface area contributed by atoms with E-state index in [0.29, 0.717) is 23.0 Å². The molecule has 0 aromatic carbocycles. The van der Waals surface area contributed by atoms with Crippen LogP contribution in [0.25, 0.3) is 0 Å². The van der Waals surface area contributed by atoms with Crippen molar-refractivity contribution >= 4 is 11.5 Å². The molecule has 0 aliphatic heterocycles. The van der Waals surface area contributed by atoms with Gasteiger partial charge in [-0.2, -0.15) is 5.26 Å². The van der Waals surface area contributed by atoms with Crippen molar-refractivity contribution in [1.29, 1.82) is 5.26 Å². The maximum absolute atomic E-state index is 9.24. The van der Waals surface area contributed by atoms with Gasteiger partial charge in [0.2, 0.25) is 0 Å². The Labute approximate surface area is 100 Å². The van der Waals surface area contributed by atoms with E-state index in [1.807, 2.05) is 11.9 Å². The summed E-state index contributed by atoms with van der Waals surface area (Å²) in [6, 6.07) is 3.74. The Morgan fingerprint density at radius 3 is 2.94 bits per heavy atom. The van der Waals surface area contributed by atoms with Crippen molar-refractivity contribution in [3.63, 3.8) is 0 Å². The molecule has 3 N–H and O–H groups in total. The Bertz CT molecular complexity index is 448. The molecule has 0 radical (unpaired) electrons. The van der Waals surface area contributed by atoms with Crippen molar-refractivity contribution in [1.82, 2.24) is 4.98 Å². The fraction of sp³-hybridized carbons (Fsp3) is 0.500. The number of anilines is 2. The van der Waals surface area contributed by atoms with Crippen molar-refractivity contribution in [2.75, 3.05) is 24.2 Å². The molecule has 2 rings (SSSR count). The van der Waals surface area contributed by atoms with Gasteiger partial charge >= 0.3 is 0 Å². The summed E-state index contributed by atoms with van der Waals surface area (Å²) < 4.78 is 0. The monoisotopic (exact) mass is 232 g/mol. The zero-order valence-electron chi connectivity index (χ0n) is 9.80. The molecule has 1 aliphatic rings. The molecule has 0 amide bonds. The first-order valence-corrected chi connectivity index (χ1v) is 5.65. The minimum Gasteiger partial charge on any atom is -0.397 e. The molecule has 1 aliphatic carbocycles. The molecule has 1 aromatic heterocycles. The normalized spacial score (nSPS) is 22.6. The molecule has 90 valence electrons. The van der Waals surface area contributed by atoms with Crippen LogP contribution in [0, 0.1) is 17.2 Å². The van der Waals surface area contributed by atoms with Crippen LogP contribution in [0.15, 0.2) is 12.3 Å². The molecule has 1 fully saturated rings. The lowest BCUT2D eigenvalue weighted by molar-refractivity contribution is 0.0464. The summed E-state index contributed by atoms with van der Waals surface area (Å²) in [6.07, 6.45) is 3.08. The molecule has 0 unspecified atom stereocenters. The predicted octanol–water partition coefficient (Wildman–Crippen LogP) is 0.743. The van der Waals surface area contributed by atoms with E-state index in [4.69, 9.17) is 11.0 Å². The van der Waals surface area contributed by atoms with E-state index in [-0.39, 0.29) is 6.10 Å². The number of nitrogen functional groups attached to an aromatic ring is 1. The Hall–Kier alpha value is -1.80. The largest absolute Gasteiger partial charge is 0.397 e. The summed E-state index contributed by atoms with van der Waals surface area (Å²) in [6.45, 7) is 0.808. The molecule has 0 atom stereocenters. The number of aliphatic hydroxyl groups is 1. The van der Waals surface area contributed by atoms with Crippen LogP contribution in [0.4, 0.5) is 11.5 Å². The number of aromatic nitrogens is 1. The zero-order valence-corrected chi connectivity index (χ0v) is 9.80. The topological polar surface area (TPSA) is 86.2 Å². The first-order valence-electron chi connectivity index (χ1n) is 5.65. The van der Waals surface area contributed by atoms with E-state index in [0.717, 1.165) is 19.4 Å². The fourth-order valence-corrected chi connectivity index (χ4v) is 2.18. The Morgan fingerprint density at radius 1 is 1.65 bits per heavy atom. The molecule has 5 heteroatoms. The van der Waals surface area contributed by atoms with E-state index in [2.05, 4.69) is 11.1 Å². The standard InChI is InChI=1S/C12H16N4O/c1-16(7-8-2-11(17)3-8)12-9(5-13)4-10(14)6-15-12/h4,6,8,11,17H,2-3,7,14H2,1H3. The van der Waals surface area contributed by atoms with E-state index in [1.165, 1.54) is 0 Å². The summed E-state index contributed by atoms with van der Waals surface area (Å²) >= 11 is 0. The number of hydrogen-bond donors (Lipinski definition) is 2. The summed E-state index contributed by atoms with van der Waals surface area (Å²) in [4.78, 5) is 6.15. The number of pyridine rings is 1. The van der Waals surface area contributed by atoms with Crippen molar-refractivity contribution < 1.29 is 5.11 Å². The lowest BCUT2D eigenvalue weighted by Crippen LogP contribution is -2.37. The van der Waals surface area contributed by atoms with Gasteiger partial charge in [0.15, 0.2) is 0 Å². The van der Waals surface area contributed by atoms with Crippen LogP contribution in [-0.4, -0.2) is 29.8 Å². The molecule has 1 aromatic rings. The molecule has 0 bridgehead atoms. The molecule has 0 saturated heterocycles. The van der Waals surface area contributed by atoms with Crippen molar-refractivity contribution in [2.24, 2.45) is 5.92 Å². The van der Waals surface area contributed by atoms with Crippen LogP contribution in [0.2, 0.25) is 0 Å². The smallest absolute Gasteiger partial charge is 0.146 e. The third-order valence-electron chi connectivity index (χ3n) is 3.11. The number of nitrogens with two attached hydrogens (primary N) is 1. The van der Waals surface area contributed by atoms with Gasteiger partial charge < -0.3 is 15.7 Å². The van der Waals surface area contributed by atoms with Gasteiger partial charge in [0.1, 0.15) is 11.9 Å². The number of hydrogen-bond acceptors (Lipinski definition) is 5. The average molecular weight is 232 g/mol.